The molecule has 1 fully saturated rings. The summed E-state index contributed by atoms with van der Waals surface area (Å²) in [4.78, 5) is 5.69. The van der Waals surface area contributed by atoms with Crippen LogP contribution < -0.4 is 10.0 Å². The molecule has 1 aliphatic heterocycles. The van der Waals surface area contributed by atoms with Gasteiger partial charge in [0, 0.05) is 11.4 Å². The zero-order valence-corrected chi connectivity index (χ0v) is 12.4. The zero-order valence-electron chi connectivity index (χ0n) is 10.8. The highest BCUT2D eigenvalue weighted by Gasteiger charge is 2.28. The van der Waals surface area contributed by atoms with Crippen LogP contribution in [0.1, 0.15) is 36.3 Å². The first-order valence-electron chi connectivity index (χ1n) is 6.86. The largest absolute Gasteiger partial charge is 0.315 e. The van der Waals surface area contributed by atoms with Gasteiger partial charge in [0.1, 0.15) is 0 Å². The second kappa shape index (κ2) is 5.38. The normalized spacial score (nSPS) is 23.9. The monoisotopic (exact) mass is 301 g/mol. The third kappa shape index (κ3) is 2.93. The molecule has 1 atom stereocenters. The number of fused-ring (bicyclic) bond motifs is 1. The maximum atomic E-state index is 12.3. The van der Waals surface area contributed by atoms with Gasteiger partial charge in [0.2, 0.25) is 10.0 Å². The van der Waals surface area contributed by atoms with Gasteiger partial charge >= 0.3 is 0 Å². The van der Waals surface area contributed by atoms with Gasteiger partial charge in [-0.05, 0) is 45.1 Å². The molecule has 5 nitrogen and oxygen atoms in total. The van der Waals surface area contributed by atoms with E-state index in [0.29, 0.717) is 11.7 Å². The average Bonchev–Trinajstić information content (AvgIpc) is 2.81. The number of nitrogens with one attached hydrogen (secondary N) is 2. The fourth-order valence-corrected chi connectivity index (χ4v) is 5.37. The summed E-state index contributed by atoms with van der Waals surface area (Å²) in [5.74, 6) is 0. The quantitative estimate of drug-likeness (QED) is 0.888. The number of sulfonamides is 1. The molecule has 0 spiro atoms. The second-order valence-electron chi connectivity index (χ2n) is 5.21. The van der Waals surface area contributed by atoms with Crippen molar-refractivity contribution in [2.75, 3.05) is 17.8 Å². The number of piperidine rings is 1. The van der Waals surface area contributed by atoms with Gasteiger partial charge in [-0.25, -0.2) is 13.4 Å². The van der Waals surface area contributed by atoms with Crippen molar-refractivity contribution in [2.24, 2.45) is 0 Å². The van der Waals surface area contributed by atoms with E-state index in [1.807, 2.05) is 0 Å². The molecule has 0 radical (unpaired) electrons. The standard InChI is InChI=1S/C12H19N3O2S2/c16-19(17,9-4-3-7-13-8-9)15-12-14-10-5-1-2-6-11(10)18-12/h9,13H,1-8H2,(H,14,15). The number of hydrogen-bond acceptors (Lipinski definition) is 5. The van der Waals surface area contributed by atoms with Gasteiger partial charge in [0.25, 0.3) is 0 Å². The minimum Gasteiger partial charge on any atom is -0.315 e. The number of hydrogen-bond donors (Lipinski definition) is 2. The van der Waals surface area contributed by atoms with Crippen molar-refractivity contribution < 1.29 is 8.42 Å². The Bertz CT molecular complexity index is 524. The summed E-state index contributed by atoms with van der Waals surface area (Å²) in [6, 6.07) is 0. The first-order valence-corrected chi connectivity index (χ1v) is 9.22. The van der Waals surface area contributed by atoms with Crippen molar-refractivity contribution in [1.29, 1.82) is 0 Å². The third-order valence-electron chi connectivity index (χ3n) is 3.77. The number of aromatic nitrogens is 1. The summed E-state index contributed by atoms with van der Waals surface area (Å²) in [5.41, 5.74) is 1.09. The lowest BCUT2D eigenvalue weighted by Gasteiger charge is -2.22. The molecule has 2 N–H and O–H groups in total. The summed E-state index contributed by atoms with van der Waals surface area (Å²) in [6.07, 6.45) is 6.02. The first-order chi connectivity index (χ1) is 9.15. The molecule has 0 aromatic carbocycles. The minimum absolute atomic E-state index is 0.331. The van der Waals surface area contributed by atoms with Crippen molar-refractivity contribution >= 4 is 26.5 Å². The van der Waals surface area contributed by atoms with E-state index in [4.69, 9.17) is 0 Å². The van der Waals surface area contributed by atoms with Crippen molar-refractivity contribution in [1.82, 2.24) is 10.3 Å². The highest BCUT2D eigenvalue weighted by atomic mass is 32.2. The highest BCUT2D eigenvalue weighted by Crippen LogP contribution is 2.30. The highest BCUT2D eigenvalue weighted by molar-refractivity contribution is 7.93. The van der Waals surface area contributed by atoms with Crippen molar-refractivity contribution in [3.05, 3.63) is 10.6 Å². The van der Waals surface area contributed by atoms with Crippen molar-refractivity contribution in [2.45, 2.75) is 43.8 Å². The topological polar surface area (TPSA) is 71.1 Å². The molecule has 1 saturated heterocycles. The van der Waals surface area contributed by atoms with E-state index in [2.05, 4.69) is 15.0 Å². The number of thiazole rings is 1. The Morgan fingerprint density at radius 3 is 2.84 bits per heavy atom. The Hall–Kier alpha value is -0.660. The van der Waals surface area contributed by atoms with Crippen LogP contribution in [0.5, 0.6) is 0 Å². The molecular formula is C12H19N3O2S2. The van der Waals surface area contributed by atoms with Crippen LogP contribution in [0.4, 0.5) is 5.13 Å². The van der Waals surface area contributed by atoms with Crippen LogP contribution >= 0.6 is 11.3 Å². The predicted molar refractivity (Wildman–Crippen MR) is 77.2 cm³/mol. The lowest BCUT2D eigenvalue weighted by Crippen LogP contribution is -2.41. The van der Waals surface area contributed by atoms with Crippen LogP contribution in [0.3, 0.4) is 0 Å². The molecule has 1 aliphatic carbocycles. The van der Waals surface area contributed by atoms with Gasteiger partial charge in [-0.15, -0.1) is 11.3 Å². The lowest BCUT2D eigenvalue weighted by atomic mass is 10.0. The van der Waals surface area contributed by atoms with Gasteiger partial charge in [-0.2, -0.15) is 0 Å². The van der Waals surface area contributed by atoms with E-state index in [1.54, 1.807) is 0 Å². The Balaban J connectivity index is 1.74. The molecule has 2 heterocycles. The van der Waals surface area contributed by atoms with E-state index in [1.165, 1.54) is 22.6 Å². The number of aryl methyl sites for hydroxylation is 2. The number of nitrogens with zero attached hydrogens (tertiary/aromatic N) is 1. The maximum Gasteiger partial charge on any atom is 0.238 e. The summed E-state index contributed by atoms with van der Waals surface area (Å²) in [7, 11) is -3.30. The molecule has 0 bridgehead atoms. The second-order valence-corrected chi connectivity index (χ2v) is 8.26. The molecule has 1 aromatic heterocycles. The Morgan fingerprint density at radius 1 is 1.26 bits per heavy atom. The molecular weight excluding hydrogens is 282 g/mol. The Kier molecular flexibility index (Phi) is 3.77. The minimum atomic E-state index is -3.30. The fourth-order valence-electron chi connectivity index (χ4n) is 2.69. The van der Waals surface area contributed by atoms with Crippen molar-refractivity contribution in [3.63, 3.8) is 0 Å². The van der Waals surface area contributed by atoms with E-state index >= 15 is 0 Å². The fraction of sp³-hybridized carbons (Fsp3) is 0.750. The van der Waals surface area contributed by atoms with Crippen molar-refractivity contribution in [3.8, 4) is 0 Å². The average molecular weight is 301 g/mol. The Morgan fingerprint density at radius 2 is 2.11 bits per heavy atom. The summed E-state index contributed by atoms with van der Waals surface area (Å²) >= 11 is 1.50. The lowest BCUT2D eigenvalue weighted by molar-refractivity contribution is 0.499. The maximum absolute atomic E-state index is 12.3. The van der Waals surface area contributed by atoms with E-state index in [0.717, 1.165) is 44.3 Å². The van der Waals surface area contributed by atoms with Crippen LogP contribution in [-0.2, 0) is 22.9 Å². The number of anilines is 1. The molecule has 106 valence electrons. The molecule has 1 aromatic rings. The molecule has 2 aliphatic rings. The third-order valence-corrected chi connectivity index (χ3v) is 6.73. The molecule has 0 saturated carbocycles. The van der Waals surface area contributed by atoms with Crippen LogP contribution in [0.25, 0.3) is 0 Å². The summed E-state index contributed by atoms with van der Waals surface area (Å²) in [5, 5.41) is 3.36. The van der Waals surface area contributed by atoms with Crippen LogP contribution in [-0.4, -0.2) is 31.7 Å². The number of rotatable bonds is 3. The van der Waals surface area contributed by atoms with Gasteiger partial charge < -0.3 is 5.32 Å². The molecule has 1 unspecified atom stereocenters. The van der Waals surface area contributed by atoms with Crippen LogP contribution in [0.2, 0.25) is 0 Å². The van der Waals surface area contributed by atoms with E-state index in [9.17, 15) is 8.42 Å². The van der Waals surface area contributed by atoms with Gasteiger partial charge in [-0.3, -0.25) is 4.72 Å². The molecule has 19 heavy (non-hydrogen) atoms. The van der Waals surface area contributed by atoms with E-state index in [-0.39, 0.29) is 5.25 Å². The first kappa shape index (κ1) is 13.3. The molecule has 3 rings (SSSR count). The summed E-state index contributed by atoms with van der Waals surface area (Å²) in [6.45, 7) is 1.46. The smallest absolute Gasteiger partial charge is 0.238 e. The predicted octanol–water partition coefficient (Wildman–Crippen LogP) is 1.52. The van der Waals surface area contributed by atoms with Crippen LogP contribution in [0, 0.1) is 0 Å². The summed E-state index contributed by atoms with van der Waals surface area (Å²) < 4.78 is 27.3. The van der Waals surface area contributed by atoms with Crippen LogP contribution in [0.15, 0.2) is 0 Å². The molecule has 7 heteroatoms. The zero-order chi connectivity index (χ0) is 13.3. The SMILES string of the molecule is O=S(=O)(Nc1nc2c(s1)CCCC2)C1CCCNC1. The van der Waals surface area contributed by atoms with Gasteiger partial charge in [0.15, 0.2) is 5.13 Å². The van der Waals surface area contributed by atoms with E-state index < -0.39 is 10.0 Å². The Labute approximate surface area is 117 Å². The van der Waals surface area contributed by atoms with Gasteiger partial charge in [0.05, 0.1) is 10.9 Å². The molecule has 0 amide bonds. The van der Waals surface area contributed by atoms with Gasteiger partial charge in [-0.1, -0.05) is 0 Å².